The minimum atomic E-state index is 0.00956. The first-order chi connectivity index (χ1) is 12.1. The van der Waals surface area contributed by atoms with Gasteiger partial charge in [0.2, 0.25) is 11.8 Å². The van der Waals surface area contributed by atoms with Crippen molar-refractivity contribution in [2.24, 2.45) is 0 Å². The van der Waals surface area contributed by atoms with E-state index in [1.807, 2.05) is 48.2 Å². The average molecular weight is 336 g/mol. The lowest BCUT2D eigenvalue weighted by Gasteiger charge is -2.15. The third kappa shape index (κ3) is 4.47. The number of benzene rings is 2. The molecule has 0 aliphatic carbocycles. The van der Waals surface area contributed by atoms with Crippen LogP contribution in [0, 0.1) is 6.92 Å². The van der Waals surface area contributed by atoms with E-state index in [2.05, 4.69) is 17.4 Å². The smallest absolute Gasteiger partial charge is 0.224 e. The molecule has 4 nitrogen and oxygen atoms in total. The Morgan fingerprint density at radius 2 is 1.64 bits per heavy atom. The Morgan fingerprint density at radius 1 is 1.00 bits per heavy atom. The molecule has 0 fully saturated rings. The molecule has 1 aliphatic rings. The van der Waals surface area contributed by atoms with Crippen LogP contribution in [0.1, 0.15) is 35.1 Å². The van der Waals surface area contributed by atoms with Crippen LogP contribution < -0.4 is 5.32 Å². The van der Waals surface area contributed by atoms with E-state index < -0.39 is 0 Å². The van der Waals surface area contributed by atoms with E-state index in [0.29, 0.717) is 38.9 Å². The zero-order valence-electron chi connectivity index (χ0n) is 14.6. The minimum Gasteiger partial charge on any atom is -0.356 e. The molecule has 4 heteroatoms. The molecule has 1 aliphatic heterocycles. The fourth-order valence-corrected chi connectivity index (χ4v) is 3.18. The van der Waals surface area contributed by atoms with Gasteiger partial charge in [0.25, 0.3) is 0 Å². The topological polar surface area (TPSA) is 49.4 Å². The molecule has 0 saturated heterocycles. The van der Waals surface area contributed by atoms with Gasteiger partial charge in [0.15, 0.2) is 0 Å². The van der Waals surface area contributed by atoms with Crippen molar-refractivity contribution in [3.05, 3.63) is 70.8 Å². The summed E-state index contributed by atoms with van der Waals surface area (Å²) in [6.45, 7) is 3.95. The monoisotopic (exact) mass is 336 g/mol. The highest BCUT2D eigenvalue weighted by Crippen LogP contribution is 2.22. The number of aryl methyl sites for hydroxylation is 1. The Balaban J connectivity index is 1.37. The Bertz CT molecular complexity index is 745. The van der Waals surface area contributed by atoms with E-state index in [9.17, 15) is 9.59 Å². The van der Waals surface area contributed by atoms with Gasteiger partial charge in [-0.15, -0.1) is 0 Å². The van der Waals surface area contributed by atoms with E-state index in [1.54, 1.807) is 0 Å². The summed E-state index contributed by atoms with van der Waals surface area (Å²) >= 11 is 0. The van der Waals surface area contributed by atoms with Crippen LogP contribution in [0.15, 0.2) is 48.5 Å². The summed E-state index contributed by atoms with van der Waals surface area (Å²) in [5.41, 5.74) is 4.65. The van der Waals surface area contributed by atoms with Crippen LogP contribution in [0.25, 0.3) is 0 Å². The van der Waals surface area contributed by atoms with Gasteiger partial charge in [-0.2, -0.15) is 0 Å². The maximum Gasteiger partial charge on any atom is 0.224 e. The van der Waals surface area contributed by atoms with E-state index in [4.69, 9.17) is 0 Å². The van der Waals surface area contributed by atoms with Crippen LogP contribution in [0.3, 0.4) is 0 Å². The van der Waals surface area contributed by atoms with Gasteiger partial charge in [-0.05, 0) is 35.6 Å². The molecule has 2 aromatic rings. The largest absolute Gasteiger partial charge is 0.356 e. The molecule has 2 amide bonds. The van der Waals surface area contributed by atoms with Crippen molar-refractivity contribution in [1.82, 2.24) is 10.2 Å². The zero-order valence-corrected chi connectivity index (χ0v) is 14.6. The number of carbonyl (C=O) groups excluding carboxylic acids is 2. The SMILES string of the molecule is Cc1ccccc1CC(=O)NCCCC(=O)N1Cc2ccccc2C1. The normalized spacial score (nSPS) is 12.8. The number of hydrogen-bond donors (Lipinski definition) is 1. The number of carbonyl (C=O) groups is 2. The Labute approximate surface area is 148 Å². The maximum atomic E-state index is 12.3. The molecule has 0 saturated carbocycles. The number of nitrogens with zero attached hydrogens (tertiary/aromatic N) is 1. The lowest BCUT2D eigenvalue weighted by molar-refractivity contribution is -0.132. The predicted molar refractivity (Wildman–Crippen MR) is 97.8 cm³/mol. The predicted octanol–water partition coefficient (Wildman–Crippen LogP) is 2.98. The Morgan fingerprint density at radius 3 is 2.32 bits per heavy atom. The average Bonchev–Trinajstić information content (AvgIpc) is 3.05. The quantitative estimate of drug-likeness (QED) is 0.825. The first-order valence-corrected chi connectivity index (χ1v) is 8.79. The molecule has 25 heavy (non-hydrogen) atoms. The second-order valence-corrected chi connectivity index (χ2v) is 6.58. The van der Waals surface area contributed by atoms with E-state index in [0.717, 1.165) is 11.1 Å². The summed E-state index contributed by atoms with van der Waals surface area (Å²) in [6.07, 6.45) is 1.53. The lowest BCUT2D eigenvalue weighted by atomic mass is 10.1. The molecular weight excluding hydrogens is 312 g/mol. The van der Waals surface area contributed by atoms with E-state index in [-0.39, 0.29) is 11.8 Å². The van der Waals surface area contributed by atoms with E-state index >= 15 is 0 Å². The number of amides is 2. The van der Waals surface area contributed by atoms with Crippen LogP contribution in [0.4, 0.5) is 0 Å². The molecule has 0 aromatic heterocycles. The third-order valence-corrected chi connectivity index (χ3v) is 4.70. The molecule has 0 atom stereocenters. The van der Waals surface area contributed by atoms with Crippen molar-refractivity contribution in [3.8, 4) is 0 Å². The van der Waals surface area contributed by atoms with Gasteiger partial charge in [-0.3, -0.25) is 9.59 Å². The molecule has 3 rings (SSSR count). The van der Waals surface area contributed by atoms with E-state index in [1.165, 1.54) is 11.1 Å². The molecule has 1 N–H and O–H groups in total. The van der Waals surface area contributed by atoms with Gasteiger partial charge in [0.05, 0.1) is 6.42 Å². The third-order valence-electron chi connectivity index (χ3n) is 4.70. The summed E-state index contributed by atoms with van der Waals surface area (Å²) in [5.74, 6) is 0.166. The van der Waals surface area contributed by atoms with Crippen molar-refractivity contribution < 1.29 is 9.59 Å². The molecule has 130 valence electrons. The molecular formula is C21H24N2O2. The minimum absolute atomic E-state index is 0.00956. The van der Waals surface area contributed by atoms with Gasteiger partial charge >= 0.3 is 0 Å². The van der Waals surface area contributed by atoms with Gasteiger partial charge < -0.3 is 10.2 Å². The molecule has 0 radical (unpaired) electrons. The Hall–Kier alpha value is -2.62. The van der Waals surface area contributed by atoms with Crippen molar-refractivity contribution in [3.63, 3.8) is 0 Å². The summed E-state index contributed by atoms with van der Waals surface area (Å²) in [5, 5.41) is 2.91. The number of fused-ring (bicyclic) bond motifs is 1. The molecule has 1 heterocycles. The molecule has 0 bridgehead atoms. The Kier molecular flexibility index (Phi) is 5.49. The molecule has 0 spiro atoms. The summed E-state index contributed by atoms with van der Waals surface area (Å²) in [4.78, 5) is 26.2. The summed E-state index contributed by atoms with van der Waals surface area (Å²) < 4.78 is 0. The maximum absolute atomic E-state index is 12.3. The van der Waals surface area contributed by atoms with Crippen LogP contribution in [0.5, 0.6) is 0 Å². The first-order valence-electron chi connectivity index (χ1n) is 8.79. The summed E-state index contributed by atoms with van der Waals surface area (Å²) in [6, 6.07) is 16.1. The molecule has 0 unspecified atom stereocenters. The highest BCUT2D eigenvalue weighted by Gasteiger charge is 2.22. The van der Waals surface area contributed by atoms with Crippen LogP contribution in [-0.4, -0.2) is 23.3 Å². The van der Waals surface area contributed by atoms with Crippen molar-refractivity contribution >= 4 is 11.8 Å². The first kappa shape index (κ1) is 17.2. The fraction of sp³-hybridized carbons (Fsp3) is 0.333. The highest BCUT2D eigenvalue weighted by molar-refractivity contribution is 5.79. The zero-order chi connectivity index (χ0) is 17.6. The van der Waals surface area contributed by atoms with Crippen LogP contribution in [0.2, 0.25) is 0 Å². The lowest BCUT2D eigenvalue weighted by Crippen LogP contribution is -2.29. The van der Waals surface area contributed by atoms with Gasteiger partial charge in [-0.1, -0.05) is 48.5 Å². The van der Waals surface area contributed by atoms with Crippen molar-refractivity contribution in [2.45, 2.75) is 39.3 Å². The number of rotatable bonds is 6. The molecule has 2 aromatic carbocycles. The second kappa shape index (κ2) is 7.97. The van der Waals surface area contributed by atoms with Crippen molar-refractivity contribution in [1.29, 1.82) is 0 Å². The number of nitrogens with one attached hydrogen (secondary N) is 1. The summed E-state index contributed by atoms with van der Waals surface area (Å²) in [7, 11) is 0. The van der Waals surface area contributed by atoms with Crippen LogP contribution in [-0.2, 0) is 29.1 Å². The van der Waals surface area contributed by atoms with Crippen molar-refractivity contribution in [2.75, 3.05) is 6.54 Å². The highest BCUT2D eigenvalue weighted by atomic mass is 16.2. The fourth-order valence-electron chi connectivity index (χ4n) is 3.18. The number of hydrogen-bond acceptors (Lipinski definition) is 2. The van der Waals surface area contributed by atoms with Gasteiger partial charge in [-0.25, -0.2) is 0 Å². The van der Waals surface area contributed by atoms with Gasteiger partial charge in [0.1, 0.15) is 0 Å². The second-order valence-electron chi connectivity index (χ2n) is 6.58. The van der Waals surface area contributed by atoms with Gasteiger partial charge in [0, 0.05) is 26.1 Å². The van der Waals surface area contributed by atoms with Crippen LogP contribution >= 0.6 is 0 Å². The standard InChI is InChI=1S/C21H24N2O2/c1-16-7-2-3-8-17(16)13-20(24)22-12-6-11-21(25)23-14-18-9-4-5-10-19(18)15-23/h2-5,7-10H,6,11-15H2,1H3,(H,22,24).